The first-order valence-corrected chi connectivity index (χ1v) is 9.48. The van der Waals surface area contributed by atoms with Crippen molar-refractivity contribution in [2.75, 3.05) is 6.61 Å². The first kappa shape index (κ1) is 17.9. The van der Waals surface area contributed by atoms with Crippen LogP contribution in [0.1, 0.15) is 6.92 Å². The Morgan fingerprint density at radius 1 is 0.607 bits per heavy atom. The molecule has 0 aliphatic rings. The highest BCUT2D eigenvalue weighted by atomic mass is 16.5. The van der Waals surface area contributed by atoms with Crippen LogP contribution in [0.5, 0.6) is 11.5 Å². The van der Waals surface area contributed by atoms with Crippen LogP contribution in [0.3, 0.4) is 0 Å². The summed E-state index contributed by atoms with van der Waals surface area (Å²) < 4.78 is 5.97. The second-order valence-corrected chi connectivity index (χ2v) is 6.55. The molecule has 2 heteroatoms. The number of aromatic hydroxyl groups is 1. The summed E-state index contributed by atoms with van der Waals surface area (Å²) in [4.78, 5) is 0. The summed E-state index contributed by atoms with van der Waals surface area (Å²) in [7, 11) is 0. The zero-order valence-corrected chi connectivity index (χ0v) is 15.8. The topological polar surface area (TPSA) is 29.5 Å². The highest BCUT2D eigenvalue weighted by Gasteiger charge is 2.22. The third-order valence-corrected chi connectivity index (χ3v) is 4.76. The summed E-state index contributed by atoms with van der Waals surface area (Å²) in [6.45, 7) is 2.48. The lowest BCUT2D eigenvalue weighted by Gasteiger charge is -2.21. The number of benzene rings is 4. The van der Waals surface area contributed by atoms with Gasteiger partial charge in [0.25, 0.3) is 0 Å². The summed E-state index contributed by atoms with van der Waals surface area (Å²) in [5.74, 6) is 0.901. The summed E-state index contributed by atoms with van der Waals surface area (Å²) in [6.07, 6.45) is 0. The van der Waals surface area contributed by atoms with E-state index in [-0.39, 0.29) is 5.75 Å². The average Bonchev–Trinajstić information content (AvgIpc) is 2.75. The van der Waals surface area contributed by atoms with E-state index in [0.717, 1.165) is 33.4 Å². The fourth-order valence-corrected chi connectivity index (χ4v) is 3.60. The van der Waals surface area contributed by atoms with Gasteiger partial charge in [-0.1, -0.05) is 91.0 Å². The number of phenols is 1. The summed E-state index contributed by atoms with van der Waals surface area (Å²) in [6, 6.07) is 32.1. The van der Waals surface area contributed by atoms with Gasteiger partial charge in [0.15, 0.2) is 0 Å². The van der Waals surface area contributed by atoms with E-state index in [1.165, 1.54) is 0 Å². The van der Waals surface area contributed by atoms with Crippen LogP contribution in [0.4, 0.5) is 0 Å². The molecule has 4 aromatic carbocycles. The van der Waals surface area contributed by atoms with Gasteiger partial charge >= 0.3 is 0 Å². The predicted molar refractivity (Wildman–Crippen MR) is 116 cm³/mol. The molecule has 0 saturated carbocycles. The third kappa shape index (κ3) is 3.37. The van der Waals surface area contributed by atoms with Crippen LogP contribution in [0.15, 0.2) is 97.1 Å². The molecule has 138 valence electrons. The molecule has 0 aliphatic heterocycles. The number of phenolic OH excluding ortho intramolecular Hbond substituents is 1. The van der Waals surface area contributed by atoms with E-state index in [1.807, 2.05) is 73.7 Å². The highest BCUT2D eigenvalue weighted by molar-refractivity contribution is 5.99. The Bertz CT molecular complexity index is 1060. The van der Waals surface area contributed by atoms with Gasteiger partial charge in [-0.3, -0.25) is 0 Å². The van der Waals surface area contributed by atoms with E-state index in [2.05, 4.69) is 24.3 Å². The normalized spacial score (nSPS) is 10.6. The van der Waals surface area contributed by atoms with Crippen molar-refractivity contribution in [3.63, 3.8) is 0 Å². The predicted octanol–water partition coefficient (Wildman–Crippen LogP) is 6.79. The molecular formula is C26H22O2. The molecule has 4 rings (SSSR count). The molecule has 0 radical (unpaired) electrons. The maximum absolute atomic E-state index is 11.0. The number of ether oxygens (including phenoxy) is 1. The van der Waals surface area contributed by atoms with Gasteiger partial charge in [0, 0.05) is 22.8 Å². The third-order valence-electron chi connectivity index (χ3n) is 4.76. The lowest BCUT2D eigenvalue weighted by Crippen LogP contribution is -1.99. The van der Waals surface area contributed by atoms with Crippen molar-refractivity contribution in [2.45, 2.75) is 6.92 Å². The molecule has 2 nitrogen and oxygen atoms in total. The second-order valence-electron chi connectivity index (χ2n) is 6.55. The first-order chi connectivity index (χ1) is 13.8. The Hall–Kier alpha value is -3.52. The highest BCUT2D eigenvalue weighted by Crippen LogP contribution is 2.49. The SMILES string of the molecule is CCOc1cc(O)c(-c2ccccc2)c(-c2ccccc2)c1-c1ccccc1. The lowest BCUT2D eigenvalue weighted by atomic mass is 9.86. The smallest absolute Gasteiger partial charge is 0.131 e. The standard InChI is InChI=1S/C26H22O2/c1-2-28-23-18-22(27)24(19-12-6-3-7-13-19)26(21-16-10-5-11-17-21)25(23)20-14-8-4-9-15-20/h3-18,27H,2H2,1H3. The van der Waals surface area contributed by atoms with Crippen LogP contribution in [0, 0.1) is 0 Å². The van der Waals surface area contributed by atoms with Gasteiger partial charge in [-0.25, -0.2) is 0 Å². The Morgan fingerprint density at radius 3 is 1.50 bits per heavy atom. The molecular weight excluding hydrogens is 344 g/mol. The van der Waals surface area contributed by atoms with Gasteiger partial charge in [0.1, 0.15) is 11.5 Å². The number of hydrogen-bond donors (Lipinski definition) is 1. The van der Waals surface area contributed by atoms with E-state index in [0.29, 0.717) is 12.4 Å². The van der Waals surface area contributed by atoms with E-state index < -0.39 is 0 Å². The Balaban J connectivity index is 2.13. The van der Waals surface area contributed by atoms with Crippen LogP contribution in [-0.4, -0.2) is 11.7 Å². The van der Waals surface area contributed by atoms with Gasteiger partial charge in [0.2, 0.25) is 0 Å². The molecule has 0 amide bonds. The molecule has 0 aliphatic carbocycles. The minimum absolute atomic E-state index is 0.216. The molecule has 0 fully saturated rings. The van der Waals surface area contributed by atoms with Crippen LogP contribution in [0.2, 0.25) is 0 Å². The fraction of sp³-hybridized carbons (Fsp3) is 0.0769. The molecule has 4 aromatic rings. The summed E-state index contributed by atoms with van der Waals surface area (Å²) in [5, 5.41) is 11.0. The molecule has 28 heavy (non-hydrogen) atoms. The summed E-state index contributed by atoms with van der Waals surface area (Å²) >= 11 is 0. The molecule has 0 saturated heterocycles. The van der Waals surface area contributed by atoms with Crippen LogP contribution in [0.25, 0.3) is 33.4 Å². The molecule has 1 N–H and O–H groups in total. The number of hydrogen-bond acceptors (Lipinski definition) is 2. The van der Waals surface area contributed by atoms with Crippen molar-refractivity contribution in [3.05, 3.63) is 97.1 Å². The summed E-state index contributed by atoms with van der Waals surface area (Å²) in [5.41, 5.74) is 5.85. The Morgan fingerprint density at radius 2 is 1.04 bits per heavy atom. The largest absolute Gasteiger partial charge is 0.507 e. The minimum atomic E-state index is 0.216. The van der Waals surface area contributed by atoms with Gasteiger partial charge in [-0.2, -0.15) is 0 Å². The van der Waals surface area contributed by atoms with Crippen LogP contribution >= 0.6 is 0 Å². The van der Waals surface area contributed by atoms with Crippen LogP contribution < -0.4 is 4.74 Å². The van der Waals surface area contributed by atoms with Crippen molar-refractivity contribution in [1.29, 1.82) is 0 Å². The maximum Gasteiger partial charge on any atom is 0.131 e. The number of rotatable bonds is 5. The van der Waals surface area contributed by atoms with Gasteiger partial charge < -0.3 is 9.84 Å². The zero-order valence-electron chi connectivity index (χ0n) is 15.8. The molecule has 0 aromatic heterocycles. The average molecular weight is 366 g/mol. The fourth-order valence-electron chi connectivity index (χ4n) is 3.60. The van der Waals surface area contributed by atoms with Crippen molar-refractivity contribution in [2.24, 2.45) is 0 Å². The Kier molecular flexibility index (Phi) is 5.11. The molecule has 0 atom stereocenters. The van der Waals surface area contributed by atoms with E-state index in [1.54, 1.807) is 6.07 Å². The van der Waals surface area contributed by atoms with Crippen molar-refractivity contribution < 1.29 is 9.84 Å². The monoisotopic (exact) mass is 366 g/mol. The van der Waals surface area contributed by atoms with Crippen molar-refractivity contribution in [1.82, 2.24) is 0 Å². The van der Waals surface area contributed by atoms with Gasteiger partial charge in [0.05, 0.1) is 6.61 Å². The van der Waals surface area contributed by atoms with Crippen molar-refractivity contribution >= 4 is 0 Å². The van der Waals surface area contributed by atoms with E-state index in [4.69, 9.17) is 4.74 Å². The van der Waals surface area contributed by atoms with Gasteiger partial charge in [-0.05, 0) is 23.6 Å². The van der Waals surface area contributed by atoms with Crippen molar-refractivity contribution in [3.8, 4) is 44.9 Å². The quantitative estimate of drug-likeness (QED) is 0.421. The van der Waals surface area contributed by atoms with E-state index >= 15 is 0 Å². The maximum atomic E-state index is 11.0. The van der Waals surface area contributed by atoms with Crippen LogP contribution in [-0.2, 0) is 0 Å². The first-order valence-electron chi connectivity index (χ1n) is 9.48. The van der Waals surface area contributed by atoms with Gasteiger partial charge in [-0.15, -0.1) is 0 Å². The Labute approximate surface area is 165 Å². The minimum Gasteiger partial charge on any atom is -0.507 e. The van der Waals surface area contributed by atoms with E-state index in [9.17, 15) is 5.11 Å². The lowest BCUT2D eigenvalue weighted by molar-refractivity contribution is 0.339. The molecule has 0 unspecified atom stereocenters. The molecule has 0 heterocycles. The second kappa shape index (κ2) is 8.01. The molecule has 0 bridgehead atoms. The molecule has 0 spiro atoms. The zero-order chi connectivity index (χ0) is 19.3.